The zero-order chi connectivity index (χ0) is 14.8. The second-order valence-electron chi connectivity index (χ2n) is 4.93. The molecule has 19 heavy (non-hydrogen) atoms. The summed E-state index contributed by atoms with van der Waals surface area (Å²) in [6, 6.07) is 0. The van der Waals surface area contributed by atoms with Gasteiger partial charge in [-0.2, -0.15) is 11.8 Å². The number of thioether (sulfide) groups is 1. The van der Waals surface area contributed by atoms with E-state index in [0.717, 1.165) is 12.8 Å². The third-order valence-electron chi connectivity index (χ3n) is 4.07. The molecule has 0 spiro atoms. The maximum atomic E-state index is 12.3. The van der Waals surface area contributed by atoms with Crippen molar-refractivity contribution in [1.82, 2.24) is 0 Å². The van der Waals surface area contributed by atoms with Crippen LogP contribution in [0.1, 0.15) is 80.1 Å². The fourth-order valence-electron chi connectivity index (χ4n) is 3.21. The van der Waals surface area contributed by atoms with Crippen molar-refractivity contribution < 1.29 is 4.79 Å². The predicted octanol–water partition coefficient (Wildman–Crippen LogP) is 5.72. The maximum Gasteiger partial charge on any atom is 0.141 e. The lowest BCUT2D eigenvalue weighted by Gasteiger charge is -2.41. The Labute approximate surface area is 125 Å². The minimum absolute atomic E-state index is 0.361. The SMILES string of the molecule is CC.CC.CCC1SC2CCCCC2C(=O)C1CC. The summed E-state index contributed by atoms with van der Waals surface area (Å²) in [7, 11) is 0. The average molecular weight is 287 g/mol. The standard InChI is InChI=1S/C13H22OS.2C2H6/c1-3-9-11(4-2)15-12-8-6-5-7-10(12)13(9)14;2*1-2/h9-12H,3-8H2,1-2H3;2*1-2H3. The van der Waals surface area contributed by atoms with E-state index in [2.05, 4.69) is 25.6 Å². The first-order chi connectivity index (χ1) is 9.27. The van der Waals surface area contributed by atoms with E-state index in [-0.39, 0.29) is 0 Å². The van der Waals surface area contributed by atoms with E-state index >= 15 is 0 Å². The van der Waals surface area contributed by atoms with Crippen LogP contribution in [0.25, 0.3) is 0 Å². The van der Waals surface area contributed by atoms with E-state index in [9.17, 15) is 4.79 Å². The second-order valence-corrected chi connectivity index (χ2v) is 6.41. The molecule has 1 saturated heterocycles. The van der Waals surface area contributed by atoms with Gasteiger partial charge in [0, 0.05) is 22.3 Å². The van der Waals surface area contributed by atoms with Gasteiger partial charge < -0.3 is 0 Å². The zero-order valence-electron chi connectivity index (χ0n) is 13.9. The first-order valence-electron chi connectivity index (χ1n) is 8.47. The topological polar surface area (TPSA) is 17.1 Å². The number of hydrogen-bond donors (Lipinski definition) is 0. The number of hydrogen-bond acceptors (Lipinski definition) is 2. The van der Waals surface area contributed by atoms with Gasteiger partial charge in [0.25, 0.3) is 0 Å². The van der Waals surface area contributed by atoms with Crippen LogP contribution in [0.3, 0.4) is 0 Å². The number of rotatable bonds is 2. The molecule has 0 aromatic rings. The van der Waals surface area contributed by atoms with E-state index in [1.165, 1.54) is 25.7 Å². The van der Waals surface area contributed by atoms with Crippen LogP contribution < -0.4 is 0 Å². The van der Waals surface area contributed by atoms with Crippen molar-refractivity contribution in [2.75, 3.05) is 0 Å². The molecule has 2 rings (SSSR count). The van der Waals surface area contributed by atoms with Crippen LogP contribution in [0.4, 0.5) is 0 Å². The number of ketones is 1. The van der Waals surface area contributed by atoms with Gasteiger partial charge >= 0.3 is 0 Å². The molecule has 1 saturated carbocycles. The lowest BCUT2D eigenvalue weighted by molar-refractivity contribution is -0.128. The fourth-order valence-corrected chi connectivity index (χ4v) is 5.13. The summed E-state index contributed by atoms with van der Waals surface area (Å²) in [6.45, 7) is 12.4. The van der Waals surface area contributed by atoms with E-state index in [0.29, 0.717) is 28.1 Å². The quantitative estimate of drug-likeness (QED) is 0.646. The van der Waals surface area contributed by atoms with Crippen LogP contribution >= 0.6 is 11.8 Å². The molecule has 4 unspecified atom stereocenters. The predicted molar refractivity (Wildman–Crippen MR) is 88.9 cm³/mol. The number of Topliss-reactive ketones (excluding diaryl/α,β-unsaturated/α-hetero) is 1. The van der Waals surface area contributed by atoms with Crippen molar-refractivity contribution in [1.29, 1.82) is 0 Å². The van der Waals surface area contributed by atoms with Crippen molar-refractivity contribution in [2.45, 2.75) is 90.6 Å². The molecular formula is C17H34OS. The molecule has 1 aliphatic carbocycles. The second kappa shape index (κ2) is 10.8. The Balaban J connectivity index is 0.000000741. The van der Waals surface area contributed by atoms with Crippen LogP contribution in [-0.4, -0.2) is 16.3 Å². The number of carbonyl (C=O) groups excluding carboxylic acids is 1. The Morgan fingerprint density at radius 3 is 2.11 bits per heavy atom. The summed E-state index contributed by atoms with van der Waals surface area (Å²) in [5, 5.41) is 1.28. The Bertz CT molecular complexity index is 231. The van der Waals surface area contributed by atoms with Crippen LogP contribution in [0.15, 0.2) is 0 Å². The molecule has 1 aliphatic heterocycles. The van der Waals surface area contributed by atoms with Gasteiger partial charge in [-0.25, -0.2) is 0 Å². The molecule has 4 atom stereocenters. The van der Waals surface area contributed by atoms with E-state index < -0.39 is 0 Å². The molecular weight excluding hydrogens is 252 g/mol. The largest absolute Gasteiger partial charge is 0.299 e. The minimum Gasteiger partial charge on any atom is -0.299 e. The molecule has 1 nitrogen and oxygen atoms in total. The summed E-state index contributed by atoms with van der Waals surface area (Å²) >= 11 is 2.13. The molecule has 0 radical (unpaired) electrons. The smallest absolute Gasteiger partial charge is 0.141 e. The van der Waals surface area contributed by atoms with E-state index in [4.69, 9.17) is 0 Å². The highest BCUT2D eigenvalue weighted by Crippen LogP contribution is 2.46. The van der Waals surface area contributed by atoms with Gasteiger partial charge in [-0.15, -0.1) is 0 Å². The van der Waals surface area contributed by atoms with Gasteiger partial charge in [-0.3, -0.25) is 4.79 Å². The van der Waals surface area contributed by atoms with Crippen LogP contribution in [0.5, 0.6) is 0 Å². The normalized spacial score (nSPS) is 33.3. The third kappa shape index (κ3) is 4.81. The lowest BCUT2D eigenvalue weighted by atomic mass is 9.78. The van der Waals surface area contributed by atoms with Crippen LogP contribution in [0.2, 0.25) is 0 Å². The van der Waals surface area contributed by atoms with Gasteiger partial charge in [0.2, 0.25) is 0 Å². The molecule has 1 heterocycles. The Hall–Kier alpha value is 0.0200. The summed E-state index contributed by atoms with van der Waals surface area (Å²) in [4.78, 5) is 12.3. The van der Waals surface area contributed by atoms with Crippen LogP contribution in [-0.2, 0) is 4.79 Å². The number of carbonyl (C=O) groups is 1. The van der Waals surface area contributed by atoms with Gasteiger partial charge in [-0.05, 0) is 25.7 Å². The molecule has 0 amide bonds. The van der Waals surface area contributed by atoms with Crippen molar-refractivity contribution >= 4 is 17.5 Å². The Morgan fingerprint density at radius 1 is 1.00 bits per heavy atom. The summed E-state index contributed by atoms with van der Waals surface area (Å²) in [5.41, 5.74) is 0. The first-order valence-corrected chi connectivity index (χ1v) is 9.41. The van der Waals surface area contributed by atoms with Gasteiger partial charge in [0.15, 0.2) is 0 Å². The molecule has 0 N–H and O–H groups in total. The summed E-state index contributed by atoms with van der Waals surface area (Å²) in [5.74, 6) is 1.38. The van der Waals surface area contributed by atoms with E-state index in [1.54, 1.807) is 0 Å². The maximum absolute atomic E-state index is 12.3. The number of fused-ring (bicyclic) bond motifs is 1. The van der Waals surface area contributed by atoms with Crippen molar-refractivity contribution in [3.05, 3.63) is 0 Å². The van der Waals surface area contributed by atoms with Gasteiger partial charge in [0.1, 0.15) is 5.78 Å². The van der Waals surface area contributed by atoms with Gasteiger partial charge in [0.05, 0.1) is 0 Å². The van der Waals surface area contributed by atoms with Crippen molar-refractivity contribution in [2.24, 2.45) is 11.8 Å². The molecule has 2 heteroatoms. The molecule has 2 fully saturated rings. The van der Waals surface area contributed by atoms with Crippen molar-refractivity contribution in [3.63, 3.8) is 0 Å². The third-order valence-corrected chi connectivity index (χ3v) is 6.00. The summed E-state index contributed by atoms with van der Waals surface area (Å²) in [6.07, 6.45) is 7.29. The molecule has 2 aliphatic rings. The fraction of sp³-hybridized carbons (Fsp3) is 0.941. The first kappa shape index (κ1) is 19.0. The molecule has 114 valence electrons. The average Bonchev–Trinajstić information content (AvgIpc) is 2.51. The molecule has 0 aromatic heterocycles. The highest BCUT2D eigenvalue weighted by Gasteiger charge is 2.43. The van der Waals surface area contributed by atoms with E-state index in [1.807, 2.05) is 27.7 Å². The highest BCUT2D eigenvalue weighted by atomic mass is 32.2. The highest BCUT2D eigenvalue weighted by molar-refractivity contribution is 8.00. The zero-order valence-corrected chi connectivity index (χ0v) is 14.7. The minimum atomic E-state index is 0.361. The monoisotopic (exact) mass is 286 g/mol. The Kier molecular flexibility index (Phi) is 10.8. The van der Waals surface area contributed by atoms with Gasteiger partial charge in [-0.1, -0.05) is 54.4 Å². The molecule has 0 bridgehead atoms. The molecule has 0 aromatic carbocycles. The lowest BCUT2D eigenvalue weighted by Crippen LogP contribution is -2.43. The van der Waals surface area contributed by atoms with Crippen LogP contribution in [0, 0.1) is 11.8 Å². The Morgan fingerprint density at radius 2 is 1.58 bits per heavy atom. The summed E-state index contributed by atoms with van der Waals surface area (Å²) < 4.78 is 0. The van der Waals surface area contributed by atoms with Crippen molar-refractivity contribution in [3.8, 4) is 0 Å².